The fraction of sp³-hybridized carbons (Fsp3) is 0.435. The molecule has 10 heteroatoms. The largest absolute Gasteiger partial charge is 0.481 e. The molecule has 33 heavy (non-hydrogen) atoms. The van der Waals surface area contributed by atoms with Crippen LogP contribution in [0.15, 0.2) is 36.9 Å². The Morgan fingerprint density at radius 3 is 2.67 bits per heavy atom. The minimum absolute atomic E-state index is 0.0790. The fourth-order valence-corrected chi connectivity index (χ4v) is 4.88. The summed E-state index contributed by atoms with van der Waals surface area (Å²) in [6.45, 7) is 6.11. The lowest BCUT2D eigenvalue weighted by Gasteiger charge is -2.34. The maximum absolute atomic E-state index is 6.22. The second kappa shape index (κ2) is 9.30. The lowest BCUT2D eigenvalue weighted by molar-refractivity contribution is 0.131. The number of imidazole rings is 1. The van der Waals surface area contributed by atoms with E-state index in [-0.39, 0.29) is 6.10 Å². The highest BCUT2D eigenvalue weighted by atomic mass is 32.1. The van der Waals surface area contributed by atoms with Gasteiger partial charge in [0.1, 0.15) is 6.10 Å². The molecule has 1 atom stereocenters. The topological polar surface area (TPSA) is 90.6 Å². The number of hydrogen-bond acceptors (Lipinski definition) is 9. The normalized spacial score (nSPS) is 15.7. The summed E-state index contributed by atoms with van der Waals surface area (Å²) >= 11 is 1.46. The molecule has 0 spiro atoms. The maximum atomic E-state index is 6.22. The summed E-state index contributed by atoms with van der Waals surface area (Å²) in [7, 11) is 1.60. The quantitative estimate of drug-likeness (QED) is 0.406. The van der Waals surface area contributed by atoms with E-state index in [1.807, 2.05) is 30.7 Å². The molecule has 0 unspecified atom stereocenters. The Bertz CT molecular complexity index is 1180. The van der Waals surface area contributed by atoms with Crippen molar-refractivity contribution in [3.05, 3.63) is 42.5 Å². The average molecular weight is 466 g/mol. The number of aromatic nitrogens is 6. The molecule has 1 aliphatic heterocycles. The smallest absolute Gasteiger partial charge is 0.294 e. The molecule has 0 saturated carbocycles. The number of fused-ring (bicyclic) bond motifs is 1. The van der Waals surface area contributed by atoms with Gasteiger partial charge in [0.25, 0.3) is 5.19 Å². The summed E-state index contributed by atoms with van der Waals surface area (Å²) in [6.07, 6.45) is 10.6. The van der Waals surface area contributed by atoms with E-state index in [0.29, 0.717) is 17.0 Å². The van der Waals surface area contributed by atoms with E-state index in [0.717, 1.165) is 60.1 Å². The lowest BCUT2D eigenvalue weighted by atomic mass is 9.92. The Kier molecular flexibility index (Phi) is 6.08. The Hall–Kier alpha value is -3.27. The van der Waals surface area contributed by atoms with Gasteiger partial charge in [0, 0.05) is 43.3 Å². The SMILES string of the molecule is CCc1cnc(N2CCC([C@@H](C)Oc3nn4cc(-c5ccnc(OC)c5)nc4s3)CC2)nc1. The summed E-state index contributed by atoms with van der Waals surface area (Å²) in [5.74, 6) is 1.85. The Morgan fingerprint density at radius 1 is 1.18 bits per heavy atom. The molecule has 0 N–H and O–H groups in total. The van der Waals surface area contributed by atoms with Gasteiger partial charge in [0.2, 0.25) is 16.8 Å². The molecule has 0 amide bonds. The Balaban J connectivity index is 1.19. The number of pyridine rings is 1. The van der Waals surface area contributed by atoms with Crippen LogP contribution in [0.1, 0.15) is 32.3 Å². The number of aryl methyl sites for hydroxylation is 1. The third-order valence-electron chi connectivity index (χ3n) is 6.14. The molecule has 1 fully saturated rings. The van der Waals surface area contributed by atoms with E-state index in [9.17, 15) is 0 Å². The van der Waals surface area contributed by atoms with Crippen molar-refractivity contribution in [1.82, 2.24) is 29.5 Å². The zero-order valence-corrected chi connectivity index (χ0v) is 19.8. The van der Waals surface area contributed by atoms with Crippen molar-refractivity contribution < 1.29 is 9.47 Å². The minimum atomic E-state index is 0.0790. The van der Waals surface area contributed by atoms with Crippen LogP contribution in [0.3, 0.4) is 0 Å². The molecule has 0 aliphatic carbocycles. The van der Waals surface area contributed by atoms with Crippen molar-refractivity contribution in [3.8, 4) is 22.3 Å². The van der Waals surface area contributed by atoms with Crippen LogP contribution in [0.2, 0.25) is 0 Å². The van der Waals surface area contributed by atoms with E-state index in [1.165, 1.54) is 11.3 Å². The van der Waals surface area contributed by atoms with Crippen LogP contribution in [-0.2, 0) is 6.42 Å². The molecule has 1 saturated heterocycles. The predicted octanol–water partition coefficient (Wildman–Crippen LogP) is 3.90. The molecule has 9 nitrogen and oxygen atoms in total. The van der Waals surface area contributed by atoms with Crippen molar-refractivity contribution >= 4 is 22.2 Å². The zero-order valence-electron chi connectivity index (χ0n) is 19.0. The van der Waals surface area contributed by atoms with Gasteiger partial charge in [-0.05, 0) is 55.1 Å². The first kappa shape index (κ1) is 21.6. The van der Waals surface area contributed by atoms with Gasteiger partial charge in [-0.25, -0.2) is 24.5 Å². The molecule has 4 aromatic heterocycles. The van der Waals surface area contributed by atoms with Crippen LogP contribution in [0.4, 0.5) is 5.95 Å². The third-order valence-corrected chi connectivity index (χ3v) is 6.95. The van der Waals surface area contributed by atoms with Gasteiger partial charge in [-0.2, -0.15) is 0 Å². The summed E-state index contributed by atoms with van der Waals surface area (Å²) in [4.78, 5) is 20.9. The van der Waals surface area contributed by atoms with Crippen LogP contribution in [0.25, 0.3) is 16.2 Å². The maximum Gasteiger partial charge on any atom is 0.294 e. The van der Waals surface area contributed by atoms with Gasteiger partial charge in [0.15, 0.2) is 0 Å². The molecule has 0 radical (unpaired) electrons. The van der Waals surface area contributed by atoms with E-state index >= 15 is 0 Å². The molecule has 172 valence electrons. The number of piperidine rings is 1. The molecule has 0 bridgehead atoms. The standard InChI is InChI=1S/C23H27N7O2S/c1-4-16-12-25-21(26-13-16)29-9-6-17(7-10-29)15(2)32-23-28-30-14-19(27-22(30)33-23)18-5-8-24-20(11-18)31-3/h5,8,11-15,17H,4,6-7,9-10H2,1-3H3/t15-/m1/s1. The van der Waals surface area contributed by atoms with Crippen LogP contribution in [-0.4, -0.2) is 55.9 Å². The van der Waals surface area contributed by atoms with Gasteiger partial charge in [-0.15, -0.1) is 5.10 Å². The summed E-state index contributed by atoms with van der Waals surface area (Å²) < 4.78 is 13.2. The highest BCUT2D eigenvalue weighted by molar-refractivity contribution is 7.18. The Labute approximate surface area is 196 Å². The summed E-state index contributed by atoms with van der Waals surface area (Å²) in [6, 6.07) is 3.77. The first-order chi connectivity index (χ1) is 16.1. The van der Waals surface area contributed by atoms with Crippen molar-refractivity contribution in [1.29, 1.82) is 0 Å². The number of anilines is 1. The zero-order chi connectivity index (χ0) is 22.8. The van der Waals surface area contributed by atoms with Crippen molar-refractivity contribution in [2.45, 2.75) is 39.2 Å². The summed E-state index contributed by atoms with van der Waals surface area (Å²) in [5, 5.41) is 5.23. The number of methoxy groups -OCH3 is 1. The molecule has 5 heterocycles. The molecule has 1 aliphatic rings. The Morgan fingerprint density at radius 2 is 1.97 bits per heavy atom. The van der Waals surface area contributed by atoms with Crippen LogP contribution >= 0.6 is 11.3 Å². The van der Waals surface area contributed by atoms with Crippen LogP contribution < -0.4 is 14.4 Å². The number of ether oxygens (including phenoxy) is 2. The van der Waals surface area contributed by atoms with Gasteiger partial charge >= 0.3 is 0 Å². The van der Waals surface area contributed by atoms with Gasteiger partial charge < -0.3 is 14.4 Å². The first-order valence-electron chi connectivity index (χ1n) is 11.2. The van der Waals surface area contributed by atoms with Gasteiger partial charge in [0.05, 0.1) is 19.0 Å². The first-order valence-corrected chi connectivity index (χ1v) is 12.0. The van der Waals surface area contributed by atoms with E-state index in [2.05, 4.69) is 43.8 Å². The highest BCUT2D eigenvalue weighted by Gasteiger charge is 2.27. The van der Waals surface area contributed by atoms with Crippen molar-refractivity contribution in [2.24, 2.45) is 5.92 Å². The van der Waals surface area contributed by atoms with Crippen molar-refractivity contribution in [3.63, 3.8) is 0 Å². The molecule has 5 rings (SSSR count). The molecule has 4 aromatic rings. The van der Waals surface area contributed by atoms with Crippen LogP contribution in [0.5, 0.6) is 11.1 Å². The lowest BCUT2D eigenvalue weighted by Crippen LogP contribution is -2.39. The summed E-state index contributed by atoms with van der Waals surface area (Å²) in [5.41, 5.74) is 2.93. The number of rotatable bonds is 7. The van der Waals surface area contributed by atoms with E-state index in [4.69, 9.17) is 9.47 Å². The predicted molar refractivity (Wildman–Crippen MR) is 127 cm³/mol. The van der Waals surface area contributed by atoms with Crippen molar-refractivity contribution in [2.75, 3.05) is 25.1 Å². The van der Waals surface area contributed by atoms with Gasteiger partial charge in [-0.1, -0.05) is 6.92 Å². The highest BCUT2D eigenvalue weighted by Crippen LogP contribution is 2.30. The minimum Gasteiger partial charge on any atom is -0.481 e. The van der Waals surface area contributed by atoms with Crippen LogP contribution in [0, 0.1) is 5.92 Å². The monoisotopic (exact) mass is 465 g/mol. The number of nitrogens with zero attached hydrogens (tertiary/aromatic N) is 7. The third kappa shape index (κ3) is 4.61. The molecule has 0 aromatic carbocycles. The molecular weight excluding hydrogens is 438 g/mol. The van der Waals surface area contributed by atoms with E-state index in [1.54, 1.807) is 17.8 Å². The fourth-order valence-electron chi connectivity index (χ4n) is 4.07. The molecular formula is C23H27N7O2S. The van der Waals surface area contributed by atoms with Gasteiger partial charge in [-0.3, -0.25) is 0 Å². The number of hydrogen-bond donors (Lipinski definition) is 0. The van der Waals surface area contributed by atoms with E-state index < -0.39 is 0 Å². The second-order valence-electron chi connectivity index (χ2n) is 8.20. The average Bonchev–Trinajstić information content (AvgIpc) is 3.43. The second-order valence-corrected chi connectivity index (χ2v) is 9.12.